The molecule has 2 rings (SSSR count). The number of unbranched alkanes of at least 4 members (excludes halogenated alkanes) is 1. The van der Waals surface area contributed by atoms with Crippen molar-refractivity contribution in [2.75, 3.05) is 0 Å². The minimum atomic E-state index is -0.832. The number of carbonyl (C=O) groups is 2. The third-order valence-electron chi connectivity index (χ3n) is 4.42. The third kappa shape index (κ3) is 3.77. The summed E-state index contributed by atoms with van der Waals surface area (Å²) in [5.74, 6) is 1.40. The van der Waals surface area contributed by atoms with Crippen LogP contribution in [0.5, 0.6) is 0 Å². The number of terminal acetylenes is 1. The molecular formula is C19H23NO4. The summed E-state index contributed by atoms with van der Waals surface area (Å²) in [7, 11) is 0. The van der Waals surface area contributed by atoms with Gasteiger partial charge in [0.15, 0.2) is 0 Å². The van der Waals surface area contributed by atoms with Crippen LogP contribution >= 0.6 is 0 Å². The molecule has 5 nitrogen and oxygen atoms in total. The van der Waals surface area contributed by atoms with E-state index in [0.717, 1.165) is 10.5 Å². The lowest BCUT2D eigenvalue weighted by Gasteiger charge is -2.25. The molecule has 24 heavy (non-hydrogen) atoms. The monoisotopic (exact) mass is 329 g/mol. The molecule has 1 heterocycles. The molecule has 5 heteroatoms. The molecule has 4 atom stereocenters. The third-order valence-corrected chi connectivity index (χ3v) is 4.42. The molecule has 1 aromatic carbocycles. The summed E-state index contributed by atoms with van der Waals surface area (Å²) in [6.07, 6.45) is 4.82. The molecule has 2 amide bonds. The first kappa shape index (κ1) is 18.0. The molecule has 0 radical (unpaired) electrons. The van der Waals surface area contributed by atoms with Crippen molar-refractivity contribution in [3.8, 4) is 12.3 Å². The minimum Gasteiger partial charge on any atom is -0.439 e. The van der Waals surface area contributed by atoms with Crippen LogP contribution in [0.3, 0.4) is 0 Å². The highest BCUT2D eigenvalue weighted by atomic mass is 16.6. The van der Waals surface area contributed by atoms with E-state index < -0.39 is 36.2 Å². The number of aliphatic hydroxyl groups excluding tert-OH is 1. The van der Waals surface area contributed by atoms with E-state index >= 15 is 0 Å². The number of ether oxygens (including phenoxy) is 1. The van der Waals surface area contributed by atoms with Crippen molar-refractivity contribution in [3.63, 3.8) is 0 Å². The Morgan fingerprint density at radius 3 is 2.71 bits per heavy atom. The molecule has 0 aliphatic carbocycles. The molecule has 1 aliphatic heterocycles. The highest BCUT2D eigenvalue weighted by molar-refractivity contribution is 5.95. The van der Waals surface area contributed by atoms with Crippen molar-refractivity contribution < 1.29 is 19.4 Å². The Balaban J connectivity index is 2.06. The zero-order valence-corrected chi connectivity index (χ0v) is 14.0. The van der Waals surface area contributed by atoms with Crippen molar-refractivity contribution in [3.05, 3.63) is 35.9 Å². The second kappa shape index (κ2) is 7.98. The number of rotatable bonds is 6. The molecule has 0 saturated carbocycles. The first-order valence-corrected chi connectivity index (χ1v) is 8.17. The van der Waals surface area contributed by atoms with Gasteiger partial charge >= 0.3 is 6.09 Å². The van der Waals surface area contributed by atoms with Crippen LogP contribution < -0.4 is 0 Å². The fourth-order valence-electron chi connectivity index (χ4n) is 2.89. The quantitative estimate of drug-likeness (QED) is 0.644. The second-order valence-electron chi connectivity index (χ2n) is 6.12. The number of imide groups is 1. The maximum absolute atomic E-state index is 12.6. The van der Waals surface area contributed by atoms with Crippen LogP contribution in [0.1, 0.15) is 44.8 Å². The molecule has 0 bridgehead atoms. The lowest BCUT2D eigenvalue weighted by atomic mass is 9.96. The number of carbonyl (C=O) groups excluding carboxylic acids is 2. The number of benzene rings is 1. The van der Waals surface area contributed by atoms with Gasteiger partial charge in [0, 0.05) is 6.42 Å². The fourth-order valence-corrected chi connectivity index (χ4v) is 2.89. The van der Waals surface area contributed by atoms with Gasteiger partial charge in [-0.05, 0) is 25.3 Å². The lowest BCUT2D eigenvalue weighted by Crippen LogP contribution is -2.44. The van der Waals surface area contributed by atoms with Crippen LogP contribution in [0.4, 0.5) is 4.79 Å². The van der Waals surface area contributed by atoms with Crippen LogP contribution in [0.25, 0.3) is 0 Å². The van der Waals surface area contributed by atoms with Gasteiger partial charge in [-0.15, -0.1) is 12.3 Å². The van der Waals surface area contributed by atoms with Gasteiger partial charge in [-0.3, -0.25) is 4.79 Å². The summed E-state index contributed by atoms with van der Waals surface area (Å²) < 4.78 is 5.38. The van der Waals surface area contributed by atoms with Gasteiger partial charge in [-0.2, -0.15) is 0 Å². The smallest absolute Gasteiger partial charge is 0.417 e. The van der Waals surface area contributed by atoms with E-state index in [1.54, 1.807) is 13.8 Å². The maximum atomic E-state index is 12.6. The minimum absolute atomic E-state index is 0.417. The van der Waals surface area contributed by atoms with Gasteiger partial charge in [-0.1, -0.05) is 37.3 Å². The predicted octanol–water partition coefficient (Wildman–Crippen LogP) is 2.90. The van der Waals surface area contributed by atoms with Gasteiger partial charge in [0.05, 0.1) is 18.1 Å². The Labute approximate surface area is 142 Å². The van der Waals surface area contributed by atoms with Crippen molar-refractivity contribution >= 4 is 12.0 Å². The number of cyclic esters (lactones) is 1. The van der Waals surface area contributed by atoms with Gasteiger partial charge in [0.1, 0.15) is 6.10 Å². The zero-order valence-electron chi connectivity index (χ0n) is 14.0. The number of hydrogen-bond donors (Lipinski definition) is 1. The molecule has 1 aromatic rings. The van der Waals surface area contributed by atoms with Crippen LogP contribution in [0.15, 0.2) is 30.3 Å². The summed E-state index contributed by atoms with van der Waals surface area (Å²) in [5, 5.41) is 10.2. The Kier molecular flexibility index (Phi) is 5.99. The summed E-state index contributed by atoms with van der Waals surface area (Å²) in [6, 6.07) is 8.90. The number of aliphatic hydroxyl groups is 1. The highest BCUT2D eigenvalue weighted by Crippen LogP contribution is 2.33. The fraction of sp³-hybridized carbons (Fsp3) is 0.474. The van der Waals surface area contributed by atoms with E-state index in [1.165, 1.54) is 0 Å². The van der Waals surface area contributed by atoms with Crippen molar-refractivity contribution in [2.45, 2.75) is 51.4 Å². The SMILES string of the molecule is C#CCCC[C@H](O)[C@@H](C)C(=O)N1C(=O)O[C@@H](c2ccccc2)[C@H]1C. The molecule has 0 aromatic heterocycles. The molecular weight excluding hydrogens is 306 g/mol. The van der Waals surface area contributed by atoms with E-state index in [2.05, 4.69) is 5.92 Å². The maximum Gasteiger partial charge on any atom is 0.417 e. The molecule has 0 unspecified atom stereocenters. The largest absolute Gasteiger partial charge is 0.439 e. The van der Waals surface area contributed by atoms with Gasteiger partial charge < -0.3 is 9.84 Å². The van der Waals surface area contributed by atoms with Gasteiger partial charge in [-0.25, -0.2) is 9.69 Å². The molecule has 0 spiro atoms. The molecule has 1 fully saturated rings. The van der Waals surface area contributed by atoms with Crippen LogP contribution in [0, 0.1) is 18.3 Å². The van der Waals surface area contributed by atoms with Crippen LogP contribution in [-0.4, -0.2) is 34.2 Å². The van der Waals surface area contributed by atoms with Crippen molar-refractivity contribution in [1.82, 2.24) is 4.90 Å². The van der Waals surface area contributed by atoms with E-state index in [-0.39, 0.29) is 0 Å². The molecule has 1 N–H and O–H groups in total. The van der Waals surface area contributed by atoms with E-state index in [9.17, 15) is 14.7 Å². The van der Waals surface area contributed by atoms with Crippen molar-refractivity contribution in [1.29, 1.82) is 0 Å². The summed E-state index contributed by atoms with van der Waals surface area (Å²) in [4.78, 5) is 25.9. The van der Waals surface area contributed by atoms with E-state index in [0.29, 0.717) is 19.3 Å². The molecule has 1 aliphatic rings. The zero-order chi connectivity index (χ0) is 17.7. The topological polar surface area (TPSA) is 66.8 Å². The highest BCUT2D eigenvalue weighted by Gasteiger charge is 2.45. The lowest BCUT2D eigenvalue weighted by molar-refractivity contribution is -0.136. The number of hydrogen-bond acceptors (Lipinski definition) is 4. The van der Waals surface area contributed by atoms with Gasteiger partial charge in [0.2, 0.25) is 5.91 Å². The van der Waals surface area contributed by atoms with Crippen LogP contribution in [0.2, 0.25) is 0 Å². The van der Waals surface area contributed by atoms with Crippen LogP contribution in [-0.2, 0) is 9.53 Å². The van der Waals surface area contributed by atoms with Gasteiger partial charge in [0.25, 0.3) is 0 Å². The first-order valence-electron chi connectivity index (χ1n) is 8.17. The predicted molar refractivity (Wildman–Crippen MR) is 89.8 cm³/mol. The summed E-state index contributed by atoms with van der Waals surface area (Å²) in [6.45, 7) is 3.40. The molecule has 128 valence electrons. The standard InChI is InChI=1S/C19H23NO4/c1-4-5-7-12-16(21)13(2)18(22)20-14(3)17(24-19(20)23)15-10-8-6-9-11-15/h1,6,8-11,13-14,16-17,21H,5,7,12H2,2-3H3/t13-,14-,16+,17-/m1/s1. The number of amides is 2. The second-order valence-corrected chi connectivity index (χ2v) is 6.12. The Hall–Kier alpha value is -2.32. The average Bonchev–Trinajstić information content (AvgIpc) is 2.89. The van der Waals surface area contributed by atoms with E-state index in [4.69, 9.17) is 11.2 Å². The van der Waals surface area contributed by atoms with Crippen molar-refractivity contribution in [2.24, 2.45) is 5.92 Å². The molecule has 1 saturated heterocycles. The number of nitrogens with zero attached hydrogens (tertiary/aromatic N) is 1. The average molecular weight is 329 g/mol. The summed E-state index contributed by atoms with van der Waals surface area (Å²) in [5.41, 5.74) is 0.843. The first-order chi connectivity index (χ1) is 11.5. The normalized spacial score (nSPS) is 22.6. The Bertz CT molecular complexity index is 622. The Morgan fingerprint density at radius 1 is 1.42 bits per heavy atom. The Morgan fingerprint density at radius 2 is 2.08 bits per heavy atom. The summed E-state index contributed by atoms with van der Waals surface area (Å²) >= 11 is 0. The van der Waals surface area contributed by atoms with E-state index in [1.807, 2.05) is 30.3 Å².